The summed E-state index contributed by atoms with van der Waals surface area (Å²) in [4.78, 5) is 41.4. The Labute approximate surface area is 172 Å². The third-order valence-electron chi connectivity index (χ3n) is 3.20. The Bertz CT molecular complexity index is 931. The Hall–Kier alpha value is -1.69. The molecule has 0 saturated carbocycles. The van der Waals surface area contributed by atoms with Gasteiger partial charge >= 0.3 is 0 Å². The van der Waals surface area contributed by atoms with E-state index in [-0.39, 0.29) is 10.7 Å². The van der Waals surface area contributed by atoms with Crippen LogP contribution in [0.2, 0.25) is 0 Å². The average molecular weight is 519 g/mol. The number of aromatic hydroxyl groups is 1. The number of rotatable bonds is 4. The monoisotopic (exact) mass is 517 g/mol. The fourth-order valence-electron chi connectivity index (χ4n) is 2.06. The van der Waals surface area contributed by atoms with Gasteiger partial charge in [-0.1, -0.05) is 15.9 Å². The third-order valence-corrected chi connectivity index (χ3v) is 5.86. The number of halogens is 2. The first-order chi connectivity index (χ1) is 12.3. The molecule has 1 fully saturated rings. The first-order valence-corrected chi connectivity index (χ1v) is 10.3. The molecule has 3 amide bonds. The molecular weight excluding hydrogens is 510 g/mol. The quantitative estimate of drug-likeness (QED) is 0.592. The predicted octanol–water partition coefficient (Wildman–Crippen LogP) is 4.05. The van der Waals surface area contributed by atoms with Gasteiger partial charge in [-0.25, -0.2) is 4.98 Å². The Morgan fingerprint density at radius 1 is 1.35 bits per heavy atom. The van der Waals surface area contributed by atoms with Crippen molar-refractivity contribution in [3.63, 3.8) is 0 Å². The first kappa shape index (κ1) is 19.1. The van der Waals surface area contributed by atoms with Gasteiger partial charge in [-0.15, -0.1) is 11.3 Å². The lowest BCUT2D eigenvalue weighted by molar-refractivity contribution is -0.127. The number of thiazole rings is 1. The molecule has 0 unspecified atom stereocenters. The molecule has 0 bridgehead atoms. The van der Waals surface area contributed by atoms with Gasteiger partial charge in [0, 0.05) is 21.6 Å². The molecule has 2 heterocycles. The van der Waals surface area contributed by atoms with Gasteiger partial charge in [-0.2, -0.15) is 0 Å². The minimum Gasteiger partial charge on any atom is -0.506 e. The van der Waals surface area contributed by atoms with Crippen LogP contribution in [0, 0.1) is 0 Å². The summed E-state index contributed by atoms with van der Waals surface area (Å²) in [5, 5.41) is 14.1. The molecule has 2 aromatic rings. The SMILES string of the molecule is O=C(CN1C(=O)S/C(=C\c2cc(Br)cc(Br)c2O)C1=O)Nc1nccs1. The molecule has 7 nitrogen and oxygen atoms in total. The van der Waals surface area contributed by atoms with Gasteiger partial charge in [0.15, 0.2) is 5.13 Å². The topological polar surface area (TPSA) is 99.6 Å². The summed E-state index contributed by atoms with van der Waals surface area (Å²) >= 11 is 8.45. The van der Waals surface area contributed by atoms with Crippen molar-refractivity contribution in [1.29, 1.82) is 0 Å². The van der Waals surface area contributed by atoms with Crippen LogP contribution >= 0.6 is 55.0 Å². The number of benzene rings is 1. The van der Waals surface area contributed by atoms with E-state index in [0.717, 1.165) is 4.90 Å². The number of nitrogens with zero attached hydrogens (tertiary/aromatic N) is 2. The van der Waals surface area contributed by atoms with E-state index in [2.05, 4.69) is 42.2 Å². The maximum atomic E-state index is 12.5. The number of phenolic OH excluding ortho intramolecular Hbond substituents is 1. The molecule has 26 heavy (non-hydrogen) atoms. The minimum absolute atomic E-state index is 0.0542. The van der Waals surface area contributed by atoms with Crippen molar-refractivity contribution in [3.05, 3.63) is 43.1 Å². The van der Waals surface area contributed by atoms with E-state index in [9.17, 15) is 19.5 Å². The smallest absolute Gasteiger partial charge is 0.294 e. The fraction of sp³-hybridized carbons (Fsp3) is 0.0667. The molecule has 134 valence electrons. The molecule has 0 spiro atoms. The van der Waals surface area contributed by atoms with Crippen molar-refractivity contribution in [2.45, 2.75) is 0 Å². The van der Waals surface area contributed by atoms with E-state index in [4.69, 9.17) is 0 Å². The molecular formula is C15H9Br2N3O4S2. The molecule has 11 heteroatoms. The van der Waals surface area contributed by atoms with Crippen molar-refractivity contribution in [1.82, 2.24) is 9.88 Å². The lowest BCUT2D eigenvalue weighted by atomic mass is 10.2. The Kier molecular flexibility index (Phi) is 5.80. The van der Waals surface area contributed by atoms with Crippen LogP contribution in [0.3, 0.4) is 0 Å². The van der Waals surface area contributed by atoms with Crippen LogP contribution in [-0.2, 0) is 9.59 Å². The molecule has 3 rings (SSSR count). The molecule has 1 aliphatic heterocycles. The van der Waals surface area contributed by atoms with Crippen molar-refractivity contribution in [2.24, 2.45) is 0 Å². The van der Waals surface area contributed by atoms with Gasteiger partial charge < -0.3 is 10.4 Å². The van der Waals surface area contributed by atoms with Crippen LogP contribution in [0.1, 0.15) is 5.56 Å². The zero-order chi connectivity index (χ0) is 18.8. The second kappa shape index (κ2) is 7.91. The number of aromatic nitrogens is 1. The first-order valence-electron chi connectivity index (χ1n) is 6.98. The van der Waals surface area contributed by atoms with Crippen molar-refractivity contribution < 1.29 is 19.5 Å². The van der Waals surface area contributed by atoms with E-state index >= 15 is 0 Å². The second-order valence-electron chi connectivity index (χ2n) is 4.98. The number of thioether (sulfide) groups is 1. The van der Waals surface area contributed by atoms with Crippen molar-refractivity contribution in [2.75, 3.05) is 11.9 Å². The standard InChI is InChI=1S/C15H9Br2N3O4S2/c16-8-3-7(12(22)9(17)5-8)4-10-13(23)20(15(24)26-10)6-11(21)19-14-18-1-2-25-14/h1-5,22H,6H2,(H,18,19,21)/b10-4-. The van der Waals surface area contributed by atoms with E-state index in [1.54, 1.807) is 17.5 Å². The van der Waals surface area contributed by atoms with E-state index in [0.29, 0.717) is 31.4 Å². The second-order valence-corrected chi connectivity index (χ2v) is 8.64. The number of nitrogens with one attached hydrogen (secondary N) is 1. The van der Waals surface area contributed by atoms with Crippen LogP contribution in [0.25, 0.3) is 6.08 Å². The molecule has 0 radical (unpaired) electrons. The van der Waals surface area contributed by atoms with Gasteiger partial charge in [0.05, 0.1) is 9.38 Å². The van der Waals surface area contributed by atoms with Gasteiger partial charge in [0.2, 0.25) is 5.91 Å². The van der Waals surface area contributed by atoms with Gasteiger partial charge in [-0.3, -0.25) is 19.3 Å². The lowest BCUT2D eigenvalue weighted by Crippen LogP contribution is -2.36. The van der Waals surface area contributed by atoms with Gasteiger partial charge in [0.25, 0.3) is 11.1 Å². The number of imide groups is 1. The zero-order valence-corrected chi connectivity index (χ0v) is 17.5. The molecule has 2 N–H and O–H groups in total. The molecule has 0 atom stereocenters. The summed E-state index contributed by atoms with van der Waals surface area (Å²) in [7, 11) is 0. The maximum Gasteiger partial charge on any atom is 0.294 e. The maximum absolute atomic E-state index is 12.5. The van der Waals surface area contributed by atoms with E-state index < -0.39 is 23.6 Å². The van der Waals surface area contributed by atoms with Crippen molar-refractivity contribution in [3.8, 4) is 5.75 Å². The number of carbonyl (C=O) groups is 3. The van der Waals surface area contributed by atoms with Crippen LogP contribution in [-0.4, -0.2) is 38.6 Å². The highest BCUT2D eigenvalue weighted by atomic mass is 79.9. The number of carbonyl (C=O) groups excluding carboxylic acids is 3. The van der Waals surface area contributed by atoms with Crippen molar-refractivity contribution >= 4 is 83.2 Å². The number of phenols is 1. The Morgan fingerprint density at radius 3 is 2.81 bits per heavy atom. The minimum atomic E-state index is -0.593. The van der Waals surface area contributed by atoms with Crippen LogP contribution < -0.4 is 5.32 Å². The van der Waals surface area contributed by atoms with Gasteiger partial charge in [-0.05, 0) is 45.9 Å². The number of hydrogen-bond donors (Lipinski definition) is 2. The summed E-state index contributed by atoms with van der Waals surface area (Å²) < 4.78 is 1.13. The highest BCUT2D eigenvalue weighted by Crippen LogP contribution is 2.37. The summed E-state index contributed by atoms with van der Waals surface area (Å²) in [6, 6.07) is 3.27. The van der Waals surface area contributed by atoms with Crippen LogP contribution in [0.4, 0.5) is 9.93 Å². The predicted molar refractivity (Wildman–Crippen MR) is 107 cm³/mol. The normalized spacial score (nSPS) is 15.8. The largest absolute Gasteiger partial charge is 0.506 e. The Balaban J connectivity index is 1.77. The summed E-state index contributed by atoms with van der Waals surface area (Å²) in [5.41, 5.74) is 0.365. The highest BCUT2D eigenvalue weighted by molar-refractivity contribution is 9.11. The molecule has 1 saturated heterocycles. The lowest BCUT2D eigenvalue weighted by Gasteiger charge is -2.11. The molecule has 1 aliphatic rings. The molecule has 0 aliphatic carbocycles. The molecule has 1 aromatic heterocycles. The average Bonchev–Trinajstić information content (AvgIpc) is 3.16. The summed E-state index contributed by atoms with van der Waals surface area (Å²) in [6.07, 6.45) is 2.94. The van der Waals surface area contributed by atoms with E-state index in [1.165, 1.54) is 23.6 Å². The Morgan fingerprint density at radius 2 is 2.12 bits per heavy atom. The number of anilines is 1. The highest BCUT2D eigenvalue weighted by Gasteiger charge is 2.36. The number of amides is 3. The van der Waals surface area contributed by atoms with E-state index in [1.807, 2.05) is 0 Å². The summed E-state index contributed by atoms with van der Waals surface area (Å²) in [5.74, 6) is -1.16. The van der Waals surface area contributed by atoms with Crippen LogP contribution in [0.5, 0.6) is 5.75 Å². The fourth-order valence-corrected chi connectivity index (χ4v) is 4.69. The van der Waals surface area contributed by atoms with Crippen LogP contribution in [0.15, 0.2) is 37.6 Å². The van der Waals surface area contributed by atoms with Gasteiger partial charge in [0.1, 0.15) is 12.3 Å². The zero-order valence-electron chi connectivity index (χ0n) is 12.7. The molecule has 1 aromatic carbocycles. The number of hydrogen-bond acceptors (Lipinski definition) is 7. The summed E-state index contributed by atoms with van der Waals surface area (Å²) in [6.45, 7) is -0.407. The third kappa shape index (κ3) is 4.17.